The Balaban J connectivity index is 1.65. The molecule has 2 nitrogen and oxygen atoms in total. The van der Waals surface area contributed by atoms with E-state index < -0.39 is 0 Å². The van der Waals surface area contributed by atoms with E-state index in [1.165, 1.54) is 31.2 Å². The number of ether oxygens (including phenoxy) is 1. The molecule has 0 amide bonds. The summed E-state index contributed by atoms with van der Waals surface area (Å²) in [7, 11) is 0. The standard InChI is InChI=1S/C15H21NO/c1-10(16)12-4-6-14(7-5-12)17-15-9-11-2-3-13(15)8-11/h4-7,10-11,13,15H,2-3,8-9,16H2,1H3. The second-order valence-corrected chi connectivity index (χ2v) is 5.69. The minimum Gasteiger partial charge on any atom is -0.490 e. The van der Waals surface area contributed by atoms with Crippen LogP contribution >= 0.6 is 0 Å². The lowest BCUT2D eigenvalue weighted by atomic mass is 9.98. The predicted molar refractivity (Wildman–Crippen MR) is 68.9 cm³/mol. The number of fused-ring (bicyclic) bond motifs is 2. The Morgan fingerprint density at radius 2 is 1.94 bits per heavy atom. The molecule has 92 valence electrons. The van der Waals surface area contributed by atoms with E-state index in [9.17, 15) is 0 Å². The number of nitrogens with two attached hydrogens (primary N) is 1. The van der Waals surface area contributed by atoms with Gasteiger partial charge in [-0.1, -0.05) is 12.1 Å². The van der Waals surface area contributed by atoms with Crippen LogP contribution in [0.25, 0.3) is 0 Å². The normalized spacial score (nSPS) is 32.7. The highest BCUT2D eigenvalue weighted by Crippen LogP contribution is 2.45. The Kier molecular flexibility index (Phi) is 2.83. The van der Waals surface area contributed by atoms with Crippen LogP contribution in [0.4, 0.5) is 0 Å². The van der Waals surface area contributed by atoms with Crippen molar-refractivity contribution in [1.82, 2.24) is 0 Å². The van der Waals surface area contributed by atoms with Crippen LogP contribution in [0.3, 0.4) is 0 Å². The maximum absolute atomic E-state index is 6.10. The lowest BCUT2D eigenvalue weighted by Gasteiger charge is -2.23. The molecule has 1 aromatic rings. The van der Waals surface area contributed by atoms with Crippen molar-refractivity contribution >= 4 is 0 Å². The first-order valence-corrected chi connectivity index (χ1v) is 6.74. The molecule has 4 atom stereocenters. The molecule has 0 saturated heterocycles. The molecule has 0 heterocycles. The minimum atomic E-state index is 0.103. The lowest BCUT2D eigenvalue weighted by molar-refractivity contribution is 0.138. The van der Waals surface area contributed by atoms with E-state index >= 15 is 0 Å². The average molecular weight is 231 g/mol. The molecule has 1 aromatic carbocycles. The highest BCUT2D eigenvalue weighted by molar-refractivity contribution is 5.29. The van der Waals surface area contributed by atoms with E-state index in [-0.39, 0.29) is 6.04 Å². The molecule has 0 aromatic heterocycles. The molecule has 2 aliphatic rings. The van der Waals surface area contributed by atoms with E-state index in [4.69, 9.17) is 10.5 Å². The number of rotatable bonds is 3. The van der Waals surface area contributed by atoms with Crippen molar-refractivity contribution in [1.29, 1.82) is 0 Å². The van der Waals surface area contributed by atoms with Gasteiger partial charge in [-0.25, -0.2) is 0 Å². The molecule has 4 unspecified atom stereocenters. The summed E-state index contributed by atoms with van der Waals surface area (Å²) in [6.07, 6.45) is 5.92. The van der Waals surface area contributed by atoms with Gasteiger partial charge in [0.15, 0.2) is 0 Å². The zero-order valence-electron chi connectivity index (χ0n) is 10.4. The molecular weight excluding hydrogens is 210 g/mol. The van der Waals surface area contributed by atoms with Crippen LogP contribution in [0.1, 0.15) is 44.2 Å². The molecule has 2 N–H and O–H groups in total. The molecule has 3 rings (SSSR count). The molecule has 2 aliphatic carbocycles. The van der Waals surface area contributed by atoms with Crippen molar-refractivity contribution in [2.75, 3.05) is 0 Å². The summed E-state index contributed by atoms with van der Waals surface area (Å²) in [5, 5.41) is 0. The Labute approximate surface area is 103 Å². The van der Waals surface area contributed by atoms with Gasteiger partial charge in [-0.2, -0.15) is 0 Å². The molecule has 0 radical (unpaired) electrons. The minimum absolute atomic E-state index is 0.103. The third kappa shape index (κ3) is 2.19. The fraction of sp³-hybridized carbons (Fsp3) is 0.600. The fourth-order valence-corrected chi connectivity index (χ4v) is 3.36. The van der Waals surface area contributed by atoms with Crippen molar-refractivity contribution in [2.24, 2.45) is 17.6 Å². The van der Waals surface area contributed by atoms with Crippen LogP contribution in [0, 0.1) is 11.8 Å². The van der Waals surface area contributed by atoms with Crippen molar-refractivity contribution in [3.63, 3.8) is 0 Å². The second-order valence-electron chi connectivity index (χ2n) is 5.69. The summed E-state index contributed by atoms with van der Waals surface area (Å²) in [5.41, 5.74) is 7.01. The summed E-state index contributed by atoms with van der Waals surface area (Å²) in [6, 6.07) is 8.38. The van der Waals surface area contributed by atoms with Gasteiger partial charge >= 0.3 is 0 Å². The third-order valence-corrected chi connectivity index (χ3v) is 4.37. The van der Waals surface area contributed by atoms with E-state index in [1.807, 2.05) is 6.92 Å². The van der Waals surface area contributed by atoms with Crippen molar-refractivity contribution in [2.45, 2.75) is 44.8 Å². The van der Waals surface area contributed by atoms with Gasteiger partial charge in [0.05, 0.1) is 0 Å². The first-order chi connectivity index (χ1) is 8.22. The Bertz CT molecular complexity index is 384. The van der Waals surface area contributed by atoms with Crippen molar-refractivity contribution < 1.29 is 4.74 Å². The molecule has 0 aliphatic heterocycles. The third-order valence-electron chi connectivity index (χ3n) is 4.37. The number of hydrogen-bond acceptors (Lipinski definition) is 2. The largest absolute Gasteiger partial charge is 0.490 e. The highest BCUT2D eigenvalue weighted by atomic mass is 16.5. The van der Waals surface area contributed by atoms with Gasteiger partial charge in [-0.3, -0.25) is 0 Å². The van der Waals surface area contributed by atoms with Crippen molar-refractivity contribution in [3.8, 4) is 5.75 Å². The Morgan fingerprint density at radius 1 is 1.18 bits per heavy atom. The first kappa shape index (κ1) is 11.1. The van der Waals surface area contributed by atoms with Crippen LogP contribution in [-0.4, -0.2) is 6.10 Å². The average Bonchev–Trinajstić information content (AvgIpc) is 2.91. The Hall–Kier alpha value is -1.02. The summed E-state index contributed by atoms with van der Waals surface area (Å²) >= 11 is 0. The van der Waals surface area contributed by atoms with Gasteiger partial charge in [-0.05, 0) is 62.1 Å². The van der Waals surface area contributed by atoms with E-state index in [0.717, 1.165) is 17.6 Å². The van der Waals surface area contributed by atoms with Crippen LogP contribution in [0.2, 0.25) is 0 Å². The van der Waals surface area contributed by atoms with E-state index in [1.54, 1.807) is 0 Å². The molecule has 2 saturated carbocycles. The topological polar surface area (TPSA) is 35.2 Å². The highest BCUT2D eigenvalue weighted by Gasteiger charge is 2.40. The molecule has 2 heteroatoms. The number of hydrogen-bond donors (Lipinski definition) is 1. The summed E-state index contributed by atoms with van der Waals surface area (Å²) in [5.74, 6) is 2.76. The quantitative estimate of drug-likeness (QED) is 0.866. The maximum atomic E-state index is 6.10. The monoisotopic (exact) mass is 231 g/mol. The van der Waals surface area contributed by atoms with Gasteiger partial charge < -0.3 is 10.5 Å². The molecule has 2 fully saturated rings. The van der Waals surface area contributed by atoms with Gasteiger partial charge in [0, 0.05) is 6.04 Å². The molecule has 0 spiro atoms. The smallest absolute Gasteiger partial charge is 0.119 e. The van der Waals surface area contributed by atoms with E-state index in [0.29, 0.717) is 6.10 Å². The second kappa shape index (κ2) is 4.34. The Morgan fingerprint density at radius 3 is 2.47 bits per heavy atom. The van der Waals surface area contributed by atoms with Crippen molar-refractivity contribution in [3.05, 3.63) is 29.8 Å². The van der Waals surface area contributed by atoms with Gasteiger partial charge in [0.1, 0.15) is 11.9 Å². The van der Waals surface area contributed by atoms with Crippen LogP contribution in [-0.2, 0) is 0 Å². The zero-order valence-corrected chi connectivity index (χ0v) is 10.4. The summed E-state index contributed by atoms with van der Waals surface area (Å²) in [6.45, 7) is 2.01. The van der Waals surface area contributed by atoms with Gasteiger partial charge in [-0.15, -0.1) is 0 Å². The molecule has 17 heavy (non-hydrogen) atoms. The fourth-order valence-electron chi connectivity index (χ4n) is 3.36. The van der Waals surface area contributed by atoms with Gasteiger partial charge in [0.2, 0.25) is 0 Å². The van der Waals surface area contributed by atoms with Crippen LogP contribution in [0.15, 0.2) is 24.3 Å². The first-order valence-electron chi connectivity index (χ1n) is 6.74. The van der Waals surface area contributed by atoms with Crippen LogP contribution < -0.4 is 10.5 Å². The predicted octanol–water partition coefficient (Wildman–Crippen LogP) is 3.27. The summed E-state index contributed by atoms with van der Waals surface area (Å²) < 4.78 is 6.10. The van der Waals surface area contributed by atoms with Crippen LogP contribution in [0.5, 0.6) is 5.75 Å². The summed E-state index contributed by atoms with van der Waals surface area (Å²) in [4.78, 5) is 0. The zero-order chi connectivity index (χ0) is 11.8. The van der Waals surface area contributed by atoms with Gasteiger partial charge in [0.25, 0.3) is 0 Å². The SMILES string of the molecule is CC(N)c1ccc(OC2CC3CCC2C3)cc1. The van der Waals surface area contributed by atoms with E-state index in [2.05, 4.69) is 24.3 Å². The maximum Gasteiger partial charge on any atom is 0.119 e. The molecule has 2 bridgehead atoms. The lowest BCUT2D eigenvalue weighted by Crippen LogP contribution is -2.23. The number of benzene rings is 1. The molecular formula is C15H21NO.